The summed E-state index contributed by atoms with van der Waals surface area (Å²) in [6, 6.07) is 19.6. The first-order valence-electron chi connectivity index (χ1n) is 8.23. The molecule has 0 unspecified atom stereocenters. The molecule has 0 fully saturated rings. The van der Waals surface area contributed by atoms with Crippen molar-refractivity contribution in [2.45, 2.75) is 0 Å². The van der Waals surface area contributed by atoms with Gasteiger partial charge in [0.15, 0.2) is 0 Å². The van der Waals surface area contributed by atoms with Crippen LogP contribution in [0.1, 0.15) is 15.2 Å². The first-order valence-corrected chi connectivity index (χ1v) is 9.11. The van der Waals surface area contributed by atoms with Gasteiger partial charge in [-0.15, -0.1) is 11.3 Å². The van der Waals surface area contributed by atoms with E-state index in [1.54, 1.807) is 48.5 Å². The van der Waals surface area contributed by atoms with Crippen LogP contribution in [0, 0.1) is 0 Å². The van der Waals surface area contributed by atoms with Crippen LogP contribution < -0.4 is 15.4 Å². The largest absolute Gasteiger partial charge is 0.495 e. The standard InChI is InChI=1S/C21H18N2O3S/c1-26-19-12-6-5-11-17(19)22-21(25)18(14-16-10-7-13-27-16)23-20(24)15-8-3-2-4-9-15/h2-14H,1H3,(H,22,25)(H,23,24)/b18-14-. The van der Waals surface area contributed by atoms with Crippen molar-refractivity contribution in [1.82, 2.24) is 5.32 Å². The molecule has 0 saturated carbocycles. The molecule has 0 aliphatic carbocycles. The molecule has 2 N–H and O–H groups in total. The monoisotopic (exact) mass is 378 g/mol. The summed E-state index contributed by atoms with van der Waals surface area (Å²) in [5, 5.41) is 7.40. The van der Waals surface area contributed by atoms with E-state index in [1.165, 1.54) is 18.4 Å². The summed E-state index contributed by atoms with van der Waals surface area (Å²) in [6.45, 7) is 0. The summed E-state index contributed by atoms with van der Waals surface area (Å²) in [5.41, 5.74) is 1.15. The zero-order valence-electron chi connectivity index (χ0n) is 14.6. The quantitative estimate of drug-likeness (QED) is 0.633. The highest BCUT2D eigenvalue weighted by molar-refractivity contribution is 7.10. The highest BCUT2D eigenvalue weighted by Gasteiger charge is 2.16. The lowest BCUT2D eigenvalue weighted by atomic mass is 10.2. The second kappa shape index (κ2) is 8.82. The fraction of sp³-hybridized carbons (Fsp3) is 0.0476. The maximum absolute atomic E-state index is 12.8. The Balaban J connectivity index is 1.86. The number of ether oxygens (including phenoxy) is 1. The lowest BCUT2D eigenvalue weighted by molar-refractivity contribution is -0.113. The van der Waals surface area contributed by atoms with Crippen molar-refractivity contribution in [3.8, 4) is 5.75 Å². The smallest absolute Gasteiger partial charge is 0.272 e. The molecule has 0 aliphatic rings. The van der Waals surface area contributed by atoms with Crippen LogP contribution in [0.4, 0.5) is 5.69 Å². The van der Waals surface area contributed by atoms with E-state index >= 15 is 0 Å². The molecule has 0 saturated heterocycles. The Bertz CT molecular complexity index is 951. The molecule has 1 heterocycles. The van der Waals surface area contributed by atoms with Crippen LogP contribution in [0.15, 0.2) is 77.8 Å². The molecular weight excluding hydrogens is 360 g/mol. The number of anilines is 1. The molecule has 27 heavy (non-hydrogen) atoms. The molecule has 0 bridgehead atoms. The number of carbonyl (C=O) groups excluding carboxylic acids is 2. The fourth-order valence-corrected chi connectivity index (χ4v) is 3.05. The van der Waals surface area contributed by atoms with Crippen LogP contribution in [-0.2, 0) is 4.79 Å². The van der Waals surface area contributed by atoms with Crippen LogP contribution in [-0.4, -0.2) is 18.9 Å². The van der Waals surface area contributed by atoms with Crippen molar-refractivity contribution >= 4 is 34.9 Å². The zero-order valence-corrected chi connectivity index (χ0v) is 15.5. The molecule has 6 heteroatoms. The first-order chi connectivity index (χ1) is 13.2. The van der Waals surface area contributed by atoms with Gasteiger partial charge < -0.3 is 15.4 Å². The third-order valence-electron chi connectivity index (χ3n) is 3.71. The van der Waals surface area contributed by atoms with E-state index in [4.69, 9.17) is 4.74 Å². The molecule has 0 spiro atoms. The lowest BCUT2D eigenvalue weighted by Gasteiger charge is -2.13. The number of rotatable bonds is 6. The molecule has 3 rings (SSSR count). The molecule has 5 nitrogen and oxygen atoms in total. The van der Waals surface area contributed by atoms with Gasteiger partial charge in [-0.3, -0.25) is 9.59 Å². The Morgan fingerprint density at radius 1 is 0.963 bits per heavy atom. The van der Waals surface area contributed by atoms with Crippen LogP contribution in [0.3, 0.4) is 0 Å². The van der Waals surface area contributed by atoms with Gasteiger partial charge in [0, 0.05) is 10.4 Å². The number of nitrogens with one attached hydrogen (secondary N) is 2. The topological polar surface area (TPSA) is 67.4 Å². The molecule has 1 aromatic heterocycles. The molecule has 2 amide bonds. The summed E-state index contributed by atoms with van der Waals surface area (Å²) >= 11 is 1.47. The third-order valence-corrected chi connectivity index (χ3v) is 4.53. The Hall–Kier alpha value is -3.38. The normalized spacial score (nSPS) is 10.9. The van der Waals surface area contributed by atoms with E-state index in [-0.39, 0.29) is 11.6 Å². The van der Waals surface area contributed by atoms with Gasteiger partial charge in [-0.25, -0.2) is 0 Å². The molecule has 3 aromatic rings. The Morgan fingerprint density at radius 2 is 1.70 bits per heavy atom. The van der Waals surface area contributed by atoms with E-state index in [0.29, 0.717) is 17.0 Å². The van der Waals surface area contributed by atoms with Gasteiger partial charge in [0.05, 0.1) is 12.8 Å². The Morgan fingerprint density at radius 3 is 2.41 bits per heavy atom. The highest BCUT2D eigenvalue weighted by atomic mass is 32.1. The number of amides is 2. The average molecular weight is 378 g/mol. The molecular formula is C21H18N2O3S. The van der Waals surface area contributed by atoms with Crippen molar-refractivity contribution < 1.29 is 14.3 Å². The maximum Gasteiger partial charge on any atom is 0.272 e. The summed E-state index contributed by atoms with van der Waals surface area (Å²) in [5.74, 6) is -0.249. The summed E-state index contributed by atoms with van der Waals surface area (Å²) < 4.78 is 5.26. The predicted molar refractivity (Wildman–Crippen MR) is 108 cm³/mol. The molecule has 0 radical (unpaired) electrons. The van der Waals surface area contributed by atoms with E-state index in [0.717, 1.165) is 4.88 Å². The van der Waals surface area contributed by atoms with Crippen LogP contribution in [0.25, 0.3) is 6.08 Å². The van der Waals surface area contributed by atoms with Gasteiger partial charge in [0.2, 0.25) is 0 Å². The number of hydrogen-bond acceptors (Lipinski definition) is 4. The van der Waals surface area contributed by atoms with Crippen molar-refractivity contribution in [2.24, 2.45) is 0 Å². The number of thiophene rings is 1. The summed E-state index contributed by atoms with van der Waals surface area (Å²) in [4.78, 5) is 26.2. The minimum Gasteiger partial charge on any atom is -0.495 e. The fourth-order valence-electron chi connectivity index (χ4n) is 2.40. The van der Waals surface area contributed by atoms with E-state index < -0.39 is 5.91 Å². The van der Waals surface area contributed by atoms with Gasteiger partial charge in [0.1, 0.15) is 11.4 Å². The molecule has 0 aliphatic heterocycles. The van der Waals surface area contributed by atoms with Gasteiger partial charge in [-0.1, -0.05) is 36.4 Å². The second-order valence-electron chi connectivity index (χ2n) is 5.55. The molecule has 2 aromatic carbocycles. The van der Waals surface area contributed by atoms with Crippen molar-refractivity contribution in [1.29, 1.82) is 0 Å². The SMILES string of the molecule is COc1ccccc1NC(=O)/C(=C/c1cccs1)NC(=O)c1ccccc1. The van der Waals surface area contributed by atoms with Gasteiger partial charge >= 0.3 is 0 Å². The number of methoxy groups -OCH3 is 1. The number of benzene rings is 2. The number of hydrogen-bond donors (Lipinski definition) is 2. The maximum atomic E-state index is 12.8. The first kappa shape index (κ1) is 18.4. The molecule has 0 atom stereocenters. The van der Waals surface area contributed by atoms with Crippen LogP contribution in [0.5, 0.6) is 5.75 Å². The molecule has 136 valence electrons. The van der Waals surface area contributed by atoms with Crippen LogP contribution >= 0.6 is 11.3 Å². The minimum atomic E-state index is -0.433. The van der Waals surface area contributed by atoms with Crippen molar-refractivity contribution in [3.05, 3.63) is 88.2 Å². The van der Waals surface area contributed by atoms with Crippen LogP contribution in [0.2, 0.25) is 0 Å². The Labute approximate surface area is 161 Å². The summed E-state index contributed by atoms with van der Waals surface area (Å²) in [6.07, 6.45) is 1.65. The van der Waals surface area contributed by atoms with Crippen molar-refractivity contribution in [2.75, 3.05) is 12.4 Å². The van der Waals surface area contributed by atoms with Gasteiger partial charge in [-0.05, 0) is 41.8 Å². The van der Waals surface area contributed by atoms with E-state index in [2.05, 4.69) is 10.6 Å². The highest BCUT2D eigenvalue weighted by Crippen LogP contribution is 2.24. The van der Waals surface area contributed by atoms with Gasteiger partial charge in [0.25, 0.3) is 11.8 Å². The second-order valence-corrected chi connectivity index (χ2v) is 6.53. The van der Waals surface area contributed by atoms with E-state index in [9.17, 15) is 9.59 Å². The zero-order chi connectivity index (χ0) is 19.1. The van der Waals surface area contributed by atoms with Crippen molar-refractivity contribution in [3.63, 3.8) is 0 Å². The number of para-hydroxylation sites is 2. The Kier molecular flexibility index (Phi) is 6.02. The predicted octanol–water partition coefficient (Wildman–Crippen LogP) is 4.17. The average Bonchev–Trinajstić information content (AvgIpc) is 3.21. The number of carbonyl (C=O) groups is 2. The summed E-state index contributed by atoms with van der Waals surface area (Å²) in [7, 11) is 1.53. The van der Waals surface area contributed by atoms with Gasteiger partial charge in [-0.2, -0.15) is 0 Å². The lowest BCUT2D eigenvalue weighted by Crippen LogP contribution is -2.30. The van der Waals surface area contributed by atoms with E-state index in [1.807, 2.05) is 29.6 Å². The third kappa shape index (κ3) is 4.83. The minimum absolute atomic E-state index is 0.150.